The molecule has 0 spiro atoms. The molecule has 0 aliphatic rings. The van der Waals surface area contributed by atoms with Crippen molar-refractivity contribution in [2.75, 3.05) is 5.73 Å². The molecule has 0 unspecified atom stereocenters. The van der Waals surface area contributed by atoms with Gasteiger partial charge in [0, 0.05) is 0 Å². The average Bonchev–Trinajstić information content (AvgIpc) is 2.08. The Bertz CT molecular complexity index is 231. The summed E-state index contributed by atoms with van der Waals surface area (Å²) in [7, 11) is 0. The van der Waals surface area contributed by atoms with Gasteiger partial charge in [0.2, 0.25) is 0 Å². The van der Waals surface area contributed by atoms with Crippen LogP contribution in [0.4, 0.5) is 5.69 Å². The lowest BCUT2D eigenvalue weighted by molar-refractivity contribution is 1.39. The van der Waals surface area contributed by atoms with Crippen LogP contribution in [-0.4, -0.2) is 0 Å². The van der Waals surface area contributed by atoms with Gasteiger partial charge >= 0.3 is 0 Å². The van der Waals surface area contributed by atoms with E-state index in [2.05, 4.69) is 0 Å². The van der Waals surface area contributed by atoms with Gasteiger partial charge in [-0.25, -0.2) is 0 Å². The average molecular weight is 191 g/mol. The van der Waals surface area contributed by atoms with Gasteiger partial charge in [0.25, 0.3) is 0 Å². The summed E-state index contributed by atoms with van der Waals surface area (Å²) in [4.78, 5) is 0. The van der Waals surface area contributed by atoms with Crippen molar-refractivity contribution in [1.29, 1.82) is 0 Å². The lowest BCUT2D eigenvalue weighted by atomic mass is 10.1. The van der Waals surface area contributed by atoms with Crippen molar-refractivity contribution in [3.05, 3.63) is 27.2 Å². The Hall–Kier alpha value is -0.400. The zero-order chi connectivity index (χ0) is 9.46. The number of hydrogen-bond acceptors (Lipinski definition) is 1. The van der Waals surface area contributed by atoms with E-state index in [0.29, 0.717) is 32.9 Å². The largest absolute Gasteiger partial charge is 0.396 e. The maximum atomic E-state index is 7.60. The number of halogens is 2. The molecule has 1 nitrogen and oxygen atoms in total. The van der Waals surface area contributed by atoms with E-state index >= 15 is 0 Å². The Balaban J connectivity index is 3.60. The maximum Gasteiger partial charge on any atom is 0.0698 e. The van der Waals surface area contributed by atoms with Crippen molar-refractivity contribution in [2.24, 2.45) is 0 Å². The molecule has 0 aliphatic heterocycles. The molecule has 11 heavy (non-hydrogen) atoms. The van der Waals surface area contributed by atoms with E-state index in [9.17, 15) is 0 Å². The number of nitrogens with two attached hydrogens (primary N) is 1. The molecule has 0 bridgehead atoms. The standard InChI is InChI=1S/C8H9Cl2N/c1-4-3-5(2)7(10)8(11)6(4)9/h3H,11H2,1-2H3/i3D. The fourth-order valence-electron chi connectivity index (χ4n) is 0.891. The summed E-state index contributed by atoms with van der Waals surface area (Å²) < 4.78 is 7.60. The molecule has 0 saturated heterocycles. The first-order chi connectivity index (χ1) is 5.46. The smallest absolute Gasteiger partial charge is 0.0698 e. The van der Waals surface area contributed by atoms with Crippen LogP contribution in [0.3, 0.4) is 0 Å². The quantitative estimate of drug-likeness (QED) is 0.626. The molecule has 3 heteroatoms. The second kappa shape index (κ2) is 2.92. The lowest BCUT2D eigenvalue weighted by Gasteiger charge is -2.06. The van der Waals surface area contributed by atoms with Crippen LogP contribution in [0.15, 0.2) is 6.04 Å². The van der Waals surface area contributed by atoms with Crippen LogP contribution < -0.4 is 5.73 Å². The SMILES string of the molecule is [2H]c1c(C)c(Cl)c(N)c(Cl)c1C. The summed E-state index contributed by atoms with van der Waals surface area (Å²) in [6.45, 7) is 3.51. The van der Waals surface area contributed by atoms with Gasteiger partial charge in [-0.15, -0.1) is 0 Å². The van der Waals surface area contributed by atoms with E-state index in [1.54, 1.807) is 13.8 Å². The van der Waals surface area contributed by atoms with Gasteiger partial charge < -0.3 is 5.73 Å². The van der Waals surface area contributed by atoms with Gasteiger partial charge in [-0.3, -0.25) is 0 Å². The number of hydrogen-bond donors (Lipinski definition) is 1. The summed E-state index contributed by atoms with van der Waals surface area (Å²) in [6.07, 6.45) is 0. The van der Waals surface area contributed by atoms with Crippen molar-refractivity contribution in [2.45, 2.75) is 13.8 Å². The molecule has 2 N–H and O–H groups in total. The summed E-state index contributed by atoms with van der Waals surface area (Å²) in [5.74, 6) is 0. The monoisotopic (exact) mass is 190 g/mol. The number of nitrogen functional groups attached to an aromatic ring is 1. The van der Waals surface area contributed by atoms with Crippen LogP contribution in [0.1, 0.15) is 12.5 Å². The summed E-state index contributed by atoms with van der Waals surface area (Å²) in [5.41, 5.74) is 7.32. The van der Waals surface area contributed by atoms with Crippen molar-refractivity contribution in [3.8, 4) is 0 Å². The van der Waals surface area contributed by atoms with E-state index in [0.717, 1.165) is 0 Å². The molecular weight excluding hydrogens is 181 g/mol. The minimum Gasteiger partial charge on any atom is -0.396 e. The first kappa shape index (κ1) is 7.26. The first-order valence-electron chi connectivity index (χ1n) is 3.67. The molecule has 1 aromatic rings. The van der Waals surface area contributed by atoms with Crippen LogP contribution in [0.2, 0.25) is 10.0 Å². The topological polar surface area (TPSA) is 26.0 Å². The molecule has 0 amide bonds. The van der Waals surface area contributed by atoms with E-state index in [-0.39, 0.29) is 0 Å². The maximum absolute atomic E-state index is 7.60. The highest BCUT2D eigenvalue weighted by molar-refractivity contribution is 6.39. The van der Waals surface area contributed by atoms with Crippen LogP contribution in [0.5, 0.6) is 0 Å². The Morgan fingerprint density at radius 3 is 2.00 bits per heavy atom. The molecule has 0 heterocycles. The molecule has 0 radical (unpaired) electrons. The molecule has 1 aromatic carbocycles. The number of rotatable bonds is 0. The Kier molecular flexibility index (Phi) is 1.93. The summed E-state index contributed by atoms with van der Waals surface area (Å²) >= 11 is 11.7. The third kappa shape index (κ3) is 1.44. The van der Waals surface area contributed by atoms with E-state index in [4.69, 9.17) is 30.3 Å². The lowest BCUT2D eigenvalue weighted by Crippen LogP contribution is -1.92. The molecule has 0 atom stereocenters. The van der Waals surface area contributed by atoms with Crippen LogP contribution >= 0.6 is 23.2 Å². The molecule has 0 aliphatic carbocycles. The van der Waals surface area contributed by atoms with Gasteiger partial charge in [-0.2, -0.15) is 0 Å². The summed E-state index contributed by atoms with van der Waals surface area (Å²) in [6, 6.07) is 0.360. The Morgan fingerprint density at radius 2 is 1.64 bits per heavy atom. The highest BCUT2D eigenvalue weighted by Crippen LogP contribution is 2.32. The van der Waals surface area contributed by atoms with E-state index in [1.165, 1.54) is 0 Å². The van der Waals surface area contributed by atoms with Crippen LogP contribution in [0.25, 0.3) is 0 Å². The fraction of sp³-hybridized carbons (Fsp3) is 0.250. The predicted octanol–water partition coefficient (Wildman–Crippen LogP) is 3.19. The van der Waals surface area contributed by atoms with Crippen LogP contribution in [0, 0.1) is 13.8 Å². The van der Waals surface area contributed by atoms with E-state index in [1.807, 2.05) is 0 Å². The predicted molar refractivity (Wildman–Crippen MR) is 50.3 cm³/mol. The van der Waals surface area contributed by atoms with Crippen LogP contribution in [-0.2, 0) is 0 Å². The molecular formula is C8H9Cl2N. The van der Waals surface area contributed by atoms with Gasteiger partial charge in [0.05, 0.1) is 17.1 Å². The molecule has 60 valence electrons. The highest BCUT2D eigenvalue weighted by atomic mass is 35.5. The second-order valence-electron chi connectivity index (χ2n) is 2.42. The van der Waals surface area contributed by atoms with Gasteiger partial charge in [0.15, 0.2) is 0 Å². The molecule has 1 rings (SSSR count). The van der Waals surface area contributed by atoms with Gasteiger partial charge in [0.1, 0.15) is 0 Å². The van der Waals surface area contributed by atoms with Gasteiger partial charge in [-0.05, 0) is 25.0 Å². The number of anilines is 1. The first-order valence-corrected chi connectivity index (χ1v) is 3.92. The fourth-order valence-corrected chi connectivity index (χ4v) is 1.22. The van der Waals surface area contributed by atoms with E-state index < -0.39 is 0 Å². The zero-order valence-electron chi connectivity index (χ0n) is 7.33. The third-order valence-corrected chi connectivity index (χ3v) is 2.48. The van der Waals surface area contributed by atoms with Gasteiger partial charge in [-0.1, -0.05) is 29.2 Å². The molecule has 0 fully saturated rings. The van der Waals surface area contributed by atoms with Crippen molar-refractivity contribution in [1.82, 2.24) is 0 Å². The minimum absolute atomic E-state index is 0.360. The normalized spacial score (nSPS) is 11.5. The van der Waals surface area contributed by atoms with Crippen molar-refractivity contribution in [3.63, 3.8) is 0 Å². The summed E-state index contributed by atoms with van der Waals surface area (Å²) in [5, 5.41) is 0.770. The molecule has 0 aromatic heterocycles. The second-order valence-corrected chi connectivity index (χ2v) is 3.17. The number of benzene rings is 1. The van der Waals surface area contributed by atoms with Crippen molar-refractivity contribution < 1.29 is 1.37 Å². The zero-order valence-corrected chi connectivity index (χ0v) is 7.85. The van der Waals surface area contributed by atoms with Crippen molar-refractivity contribution >= 4 is 28.9 Å². The third-order valence-electron chi connectivity index (χ3n) is 1.51. The minimum atomic E-state index is 0.360. The molecule has 0 saturated carbocycles. The Morgan fingerprint density at radius 1 is 1.27 bits per heavy atom. The Labute approximate surface area is 77.5 Å². The highest BCUT2D eigenvalue weighted by Gasteiger charge is 2.06.